The van der Waals surface area contributed by atoms with E-state index in [0.29, 0.717) is 37.7 Å². The third-order valence-corrected chi connectivity index (χ3v) is 4.46. The molecule has 0 unspecified atom stereocenters. The molecule has 1 aliphatic rings. The van der Waals surface area contributed by atoms with Gasteiger partial charge in [-0.2, -0.15) is 4.31 Å². The van der Waals surface area contributed by atoms with Gasteiger partial charge in [0.05, 0.1) is 23.7 Å². The van der Waals surface area contributed by atoms with E-state index >= 15 is 0 Å². The molecule has 1 amide bonds. The summed E-state index contributed by atoms with van der Waals surface area (Å²) in [5, 5.41) is 0. The molecule has 1 aromatic heterocycles. The lowest BCUT2D eigenvalue weighted by Crippen LogP contribution is -2.49. The van der Waals surface area contributed by atoms with Crippen LogP contribution in [0.5, 0.6) is 0 Å². The number of carbonyl (C=O) groups is 1. The zero-order valence-electron chi connectivity index (χ0n) is 11.1. The largest absolute Gasteiger partial charge is 0.397 e. The van der Waals surface area contributed by atoms with E-state index in [4.69, 9.17) is 11.5 Å². The molecule has 0 aliphatic carbocycles. The second kappa shape index (κ2) is 5.25. The Balaban J connectivity index is 2.21. The average molecular weight is 299 g/mol. The number of carbonyl (C=O) groups excluding carboxylic acids is 1. The Hall–Kier alpha value is -1.87. The van der Waals surface area contributed by atoms with E-state index in [2.05, 4.69) is 4.98 Å². The molecule has 1 aliphatic heterocycles. The molecule has 2 heterocycles. The number of nitrogen functional groups attached to an aromatic ring is 1. The van der Waals surface area contributed by atoms with Gasteiger partial charge in [0.1, 0.15) is 5.82 Å². The number of pyridine rings is 1. The molecule has 1 fully saturated rings. The highest BCUT2D eigenvalue weighted by molar-refractivity contribution is 7.88. The third kappa shape index (κ3) is 2.99. The quantitative estimate of drug-likeness (QED) is 0.726. The summed E-state index contributed by atoms with van der Waals surface area (Å²) in [6, 6.07) is 1.48. The van der Waals surface area contributed by atoms with Crippen LogP contribution in [0.1, 0.15) is 10.4 Å². The van der Waals surface area contributed by atoms with Crippen molar-refractivity contribution in [1.82, 2.24) is 9.29 Å². The molecule has 0 atom stereocenters. The van der Waals surface area contributed by atoms with E-state index in [9.17, 15) is 13.2 Å². The maximum absolute atomic E-state index is 11.5. The molecule has 20 heavy (non-hydrogen) atoms. The van der Waals surface area contributed by atoms with Crippen LogP contribution in [0.15, 0.2) is 12.3 Å². The fourth-order valence-electron chi connectivity index (χ4n) is 2.14. The lowest BCUT2D eigenvalue weighted by atomic mass is 10.2. The summed E-state index contributed by atoms with van der Waals surface area (Å²) in [7, 11) is -3.19. The molecule has 0 bridgehead atoms. The van der Waals surface area contributed by atoms with Crippen LogP contribution in [0.25, 0.3) is 0 Å². The van der Waals surface area contributed by atoms with Crippen LogP contribution in [-0.4, -0.2) is 56.0 Å². The SMILES string of the molecule is CS(=O)(=O)N1CCN(c2ncc(N)cc2C(N)=O)CC1. The smallest absolute Gasteiger partial charge is 0.252 e. The zero-order valence-corrected chi connectivity index (χ0v) is 11.9. The van der Waals surface area contributed by atoms with Crippen LogP contribution in [0, 0.1) is 0 Å². The maximum atomic E-state index is 11.5. The minimum absolute atomic E-state index is 0.248. The number of nitrogens with two attached hydrogens (primary N) is 2. The van der Waals surface area contributed by atoms with Crippen LogP contribution in [0.2, 0.25) is 0 Å². The standard InChI is InChI=1S/C11H17N5O3S/c1-20(18,19)16-4-2-15(3-5-16)11-9(10(13)17)6-8(12)7-14-11/h6-7H,2-5,12H2,1H3,(H2,13,17). The Bertz CT molecular complexity index is 623. The van der Waals surface area contributed by atoms with Gasteiger partial charge >= 0.3 is 0 Å². The van der Waals surface area contributed by atoms with Gasteiger partial charge in [-0.1, -0.05) is 0 Å². The van der Waals surface area contributed by atoms with Gasteiger partial charge in [-0.25, -0.2) is 13.4 Å². The van der Waals surface area contributed by atoms with Crippen molar-refractivity contribution < 1.29 is 13.2 Å². The van der Waals surface area contributed by atoms with Crippen LogP contribution >= 0.6 is 0 Å². The Morgan fingerprint density at radius 2 is 1.90 bits per heavy atom. The first-order chi connectivity index (χ1) is 9.29. The average Bonchev–Trinajstić information content (AvgIpc) is 2.37. The van der Waals surface area contributed by atoms with Gasteiger partial charge < -0.3 is 16.4 Å². The van der Waals surface area contributed by atoms with Crippen molar-refractivity contribution >= 4 is 27.4 Å². The van der Waals surface area contributed by atoms with E-state index in [1.807, 2.05) is 4.90 Å². The van der Waals surface area contributed by atoms with Crippen molar-refractivity contribution in [2.24, 2.45) is 5.73 Å². The van der Waals surface area contributed by atoms with Gasteiger partial charge in [0.2, 0.25) is 10.0 Å². The highest BCUT2D eigenvalue weighted by atomic mass is 32.2. The fraction of sp³-hybridized carbons (Fsp3) is 0.455. The molecular weight excluding hydrogens is 282 g/mol. The lowest BCUT2D eigenvalue weighted by Gasteiger charge is -2.34. The van der Waals surface area contributed by atoms with E-state index in [0.717, 1.165) is 0 Å². The number of amides is 1. The highest BCUT2D eigenvalue weighted by Crippen LogP contribution is 2.21. The molecule has 0 radical (unpaired) electrons. The van der Waals surface area contributed by atoms with Crippen molar-refractivity contribution in [3.63, 3.8) is 0 Å². The lowest BCUT2D eigenvalue weighted by molar-refractivity contribution is 0.100. The second-order valence-corrected chi connectivity index (χ2v) is 6.64. The minimum atomic E-state index is -3.19. The number of rotatable bonds is 3. The molecule has 2 rings (SSSR count). The van der Waals surface area contributed by atoms with Gasteiger partial charge in [0.15, 0.2) is 0 Å². The number of piperazine rings is 1. The number of nitrogens with zero attached hydrogens (tertiary/aromatic N) is 3. The van der Waals surface area contributed by atoms with E-state index in [-0.39, 0.29) is 5.56 Å². The second-order valence-electron chi connectivity index (χ2n) is 4.65. The van der Waals surface area contributed by atoms with Crippen molar-refractivity contribution in [2.45, 2.75) is 0 Å². The Morgan fingerprint density at radius 3 is 2.40 bits per heavy atom. The van der Waals surface area contributed by atoms with Crippen molar-refractivity contribution in [1.29, 1.82) is 0 Å². The van der Waals surface area contributed by atoms with Gasteiger partial charge in [0.25, 0.3) is 5.91 Å². The topological polar surface area (TPSA) is 123 Å². The van der Waals surface area contributed by atoms with Gasteiger partial charge in [-0.3, -0.25) is 4.79 Å². The van der Waals surface area contributed by atoms with E-state index < -0.39 is 15.9 Å². The first kappa shape index (κ1) is 14.5. The molecule has 8 nitrogen and oxygen atoms in total. The molecule has 0 aromatic carbocycles. The first-order valence-corrected chi connectivity index (χ1v) is 7.89. The summed E-state index contributed by atoms with van der Waals surface area (Å²) in [5.74, 6) is -0.162. The summed E-state index contributed by atoms with van der Waals surface area (Å²) in [6.07, 6.45) is 2.63. The molecule has 1 aromatic rings. The van der Waals surface area contributed by atoms with Crippen LogP contribution in [0.3, 0.4) is 0 Å². The Morgan fingerprint density at radius 1 is 1.30 bits per heavy atom. The predicted molar refractivity (Wildman–Crippen MR) is 75.8 cm³/mol. The molecule has 4 N–H and O–H groups in total. The number of aromatic nitrogens is 1. The van der Waals surface area contributed by atoms with Crippen LogP contribution in [-0.2, 0) is 10.0 Å². The molecule has 110 valence electrons. The number of sulfonamides is 1. The number of hydrogen-bond donors (Lipinski definition) is 2. The highest BCUT2D eigenvalue weighted by Gasteiger charge is 2.26. The van der Waals surface area contributed by atoms with Gasteiger partial charge in [0, 0.05) is 26.2 Å². The van der Waals surface area contributed by atoms with Gasteiger partial charge in [-0.05, 0) is 6.07 Å². The normalized spacial score (nSPS) is 17.1. The summed E-state index contributed by atoms with van der Waals surface area (Å²) in [6.45, 7) is 1.60. The molecular formula is C11H17N5O3S. The number of primary amides is 1. The summed E-state index contributed by atoms with van der Waals surface area (Å²) in [4.78, 5) is 17.4. The fourth-order valence-corrected chi connectivity index (χ4v) is 2.97. The summed E-state index contributed by atoms with van der Waals surface area (Å²) in [5.41, 5.74) is 11.5. The number of hydrogen-bond acceptors (Lipinski definition) is 6. The van der Waals surface area contributed by atoms with Crippen LogP contribution < -0.4 is 16.4 Å². The third-order valence-electron chi connectivity index (χ3n) is 3.16. The predicted octanol–water partition coefficient (Wildman–Crippen LogP) is -1.16. The summed E-state index contributed by atoms with van der Waals surface area (Å²) < 4.78 is 24.3. The van der Waals surface area contributed by atoms with Crippen molar-refractivity contribution in [3.05, 3.63) is 17.8 Å². The minimum Gasteiger partial charge on any atom is -0.397 e. The molecule has 9 heteroatoms. The van der Waals surface area contributed by atoms with E-state index in [1.54, 1.807) is 0 Å². The monoisotopic (exact) mass is 299 g/mol. The zero-order chi connectivity index (χ0) is 14.9. The van der Waals surface area contributed by atoms with Crippen molar-refractivity contribution in [2.75, 3.05) is 43.1 Å². The Labute approximate surface area is 117 Å². The van der Waals surface area contributed by atoms with Crippen molar-refractivity contribution in [3.8, 4) is 0 Å². The molecule has 0 spiro atoms. The van der Waals surface area contributed by atoms with Gasteiger partial charge in [-0.15, -0.1) is 0 Å². The van der Waals surface area contributed by atoms with E-state index in [1.165, 1.54) is 22.8 Å². The summed E-state index contributed by atoms with van der Waals surface area (Å²) >= 11 is 0. The maximum Gasteiger partial charge on any atom is 0.252 e. The molecule has 0 saturated carbocycles. The Kier molecular flexibility index (Phi) is 3.82. The van der Waals surface area contributed by atoms with Crippen LogP contribution in [0.4, 0.5) is 11.5 Å². The first-order valence-electron chi connectivity index (χ1n) is 6.04. The number of anilines is 2. The molecule has 1 saturated heterocycles.